The monoisotopic (exact) mass is 464 g/mol. The first-order chi connectivity index (χ1) is 15.8. The summed E-state index contributed by atoms with van der Waals surface area (Å²) in [5, 5.41) is 2.15. The third-order valence-corrected chi connectivity index (χ3v) is 6.70. The Balaban J connectivity index is 1.80. The van der Waals surface area contributed by atoms with Crippen molar-refractivity contribution in [2.24, 2.45) is 11.8 Å². The summed E-state index contributed by atoms with van der Waals surface area (Å²) < 4.78 is 0. The van der Waals surface area contributed by atoms with Crippen LogP contribution in [-0.2, 0) is 9.59 Å². The van der Waals surface area contributed by atoms with Crippen LogP contribution in [0, 0.1) is 11.8 Å². The summed E-state index contributed by atoms with van der Waals surface area (Å²) in [4.78, 5) is 54.2. The smallest absolute Gasteiger partial charge is 0.275 e. The fourth-order valence-electron chi connectivity index (χ4n) is 4.63. The molecule has 3 amide bonds. The number of hydrazine groups is 1. The molecule has 1 saturated heterocycles. The third-order valence-electron chi connectivity index (χ3n) is 6.37. The van der Waals surface area contributed by atoms with Crippen molar-refractivity contribution in [3.8, 4) is 0 Å². The van der Waals surface area contributed by atoms with Gasteiger partial charge in [-0.25, -0.2) is 5.01 Å². The second-order valence-electron chi connectivity index (χ2n) is 8.48. The molecule has 2 aromatic rings. The van der Waals surface area contributed by atoms with E-state index in [1.165, 1.54) is 6.07 Å². The highest BCUT2D eigenvalue weighted by Crippen LogP contribution is 2.39. The number of carbonyl (C=O) groups excluding carboxylic acids is 4. The van der Waals surface area contributed by atoms with Crippen LogP contribution in [0.4, 0.5) is 0 Å². The first kappa shape index (κ1) is 22.9. The zero-order chi connectivity index (χ0) is 23.7. The van der Waals surface area contributed by atoms with E-state index in [1.54, 1.807) is 55.5 Å². The Morgan fingerprint density at radius 1 is 1.03 bits per heavy atom. The van der Waals surface area contributed by atoms with E-state index in [4.69, 9.17) is 11.6 Å². The number of rotatable bonds is 6. The van der Waals surface area contributed by atoms with E-state index in [0.717, 1.165) is 15.6 Å². The minimum atomic E-state index is -1.04. The normalized spacial score (nSPS) is 20.8. The van der Waals surface area contributed by atoms with E-state index in [2.05, 4.69) is 0 Å². The van der Waals surface area contributed by atoms with Crippen LogP contribution in [0.15, 0.2) is 66.2 Å². The zero-order valence-electron chi connectivity index (χ0n) is 18.5. The molecule has 170 valence electrons. The second kappa shape index (κ2) is 9.32. The highest BCUT2D eigenvalue weighted by atomic mass is 35.5. The van der Waals surface area contributed by atoms with Crippen molar-refractivity contribution in [1.29, 1.82) is 0 Å². The number of hydrogen-bond acceptors (Lipinski definition) is 4. The number of ketones is 1. The molecule has 1 aliphatic heterocycles. The molecule has 0 bridgehead atoms. The van der Waals surface area contributed by atoms with Crippen molar-refractivity contribution < 1.29 is 19.2 Å². The summed E-state index contributed by atoms with van der Waals surface area (Å²) in [5.41, 5.74) is 1.56. The predicted molar refractivity (Wildman–Crippen MR) is 124 cm³/mol. The summed E-state index contributed by atoms with van der Waals surface area (Å²) >= 11 is 6.30. The molecule has 0 radical (unpaired) electrons. The molecule has 1 fully saturated rings. The number of imide groups is 1. The minimum Gasteiger partial charge on any atom is -0.292 e. The average Bonchev–Trinajstić information content (AvgIpc) is 3.06. The van der Waals surface area contributed by atoms with Gasteiger partial charge in [0.15, 0.2) is 5.78 Å². The van der Waals surface area contributed by atoms with Gasteiger partial charge in [-0.2, -0.15) is 5.01 Å². The Hall–Kier alpha value is -3.25. The van der Waals surface area contributed by atoms with E-state index in [-0.39, 0.29) is 22.8 Å². The van der Waals surface area contributed by atoms with Gasteiger partial charge in [0.2, 0.25) is 0 Å². The molecule has 1 heterocycles. The summed E-state index contributed by atoms with van der Waals surface area (Å²) in [5.74, 6) is -2.96. The van der Waals surface area contributed by atoms with Gasteiger partial charge in [0.05, 0.1) is 22.4 Å². The minimum absolute atomic E-state index is 0.128. The Kier molecular flexibility index (Phi) is 6.47. The SMILES string of the molecule is CC[C@H](C(=O)c1ccccc1)N(C(=O)c1ccccc1Cl)N1C(=O)[C@H]2CC=C(C)C[C@@H]2C1=O. The van der Waals surface area contributed by atoms with Crippen LogP contribution in [0.2, 0.25) is 5.02 Å². The van der Waals surface area contributed by atoms with Crippen LogP contribution in [-0.4, -0.2) is 39.6 Å². The molecule has 2 aromatic carbocycles. The first-order valence-corrected chi connectivity index (χ1v) is 11.4. The van der Waals surface area contributed by atoms with Gasteiger partial charge in [0, 0.05) is 5.56 Å². The standard InChI is InChI=1S/C26H25ClN2O4/c1-3-22(23(30)17-9-5-4-6-10-17)28(25(32)19-11-7-8-12-21(19)27)29-24(31)18-14-13-16(2)15-20(18)26(29)33/h4-13,18,20,22H,3,14-15H2,1-2H3/t18-,20-,22+/m0/s1. The molecular formula is C26H25ClN2O4. The highest BCUT2D eigenvalue weighted by molar-refractivity contribution is 6.34. The number of hydrogen-bond donors (Lipinski definition) is 0. The number of halogens is 1. The molecule has 33 heavy (non-hydrogen) atoms. The highest BCUT2D eigenvalue weighted by Gasteiger charge is 2.53. The topological polar surface area (TPSA) is 74.8 Å². The van der Waals surface area contributed by atoms with Gasteiger partial charge < -0.3 is 0 Å². The van der Waals surface area contributed by atoms with Gasteiger partial charge in [-0.15, -0.1) is 0 Å². The van der Waals surface area contributed by atoms with E-state index >= 15 is 0 Å². The van der Waals surface area contributed by atoms with E-state index in [9.17, 15) is 19.2 Å². The van der Waals surface area contributed by atoms with Crippen LogP contribution in [0.3, 0.4) is 0 Å². The fourth-order valence-corrected chi connectivity index (χ4v) is 4.84. The molecule has 0 spiro atoms. The summed E-state index contributed by atoms with van der Waals surface area (Å²) in [7, 11) is 0. The van der Waals surface area contributed by atoms with Crippen molar-refractivity contribution in [2.45, 2.75) is 39.2 Å². The second-order valence-corrected chi connectivity index (χ2v) is 8.88. The average molecular weight is 465 g/mol. The van der Waals surface area contributed by atoms with Crippen LogP contribution in [0.5, 0.6) is 0 Å². The van der Waals surface area contributed by atoms with Gasteiger partial charge in [-0.05, 0) is 38.3 Å². The number of carbonyl (C=O) groups is 4. The van der Waals surface area contributed by atoms with Crippen LogP contribution in [0.25, 0.3) is 0 Å². The molecule has 0 saturated carbocycles. The van der Waals surface area contributed by atoms with Gasteiger partial charge in [-0.3, -0.25) is 19.2 Å². The fraction of sp³-hybridized carbons (Fsp3) is 0.308. The molecule has 0 aromatic heterocycles. The number of amides is 3. The Morgan fingerprint density at radius 2 is 1.67 bits per heavy atom. The molecule has 4 rings (SSSR count). The zero-order valence-corrected chi connectivity index (χ0v) is 19.3. The number of Topliss-reactive ketones (excluding diaryl/α,β-unsaturated/α-hetero) is 1. The lowest BCUT2D eigenvalue weighted by Crippen LogP contribution is -2.57. The number of nitrogens with zero attached hydrogens (tertiary/aromatic N) is 2. The summed E-state index contributed by atoms with van der Waals surface area (Å²) in [6.45, 7) is 3.68. The van der Waals surface area contributed by atoms with E-state index in [1.807, 2.05) is 13.0 Å². The van der Waals surface area contributed by atoms with Crippen molar-refractivity contribution in [3.05, 3.63) is 82.4 Å². The van der Waals surface area contributed by atoms with E-state index in [0.29, 0.717) is 18.4 Å². The quantitative estimate of drug-likeness (QED) is 0.353. The van der Waals surface area contributed by atoms with Crippen LogP contribution in [0.1, 0.15) is 53.8 Å². The molecule has 3 atom stereocenters. The maximum atomic E-state index is 13.8. The van der Waals surface area contributed by atoms with Gasteiger partial charge >= 0.3 is 0 Å². The van der Waals surface area contributed by atoms with Crippen molar-refractivity contribution in [3.63, 3.8) is 0 Å². The maximum Gasteiger partial charge on any atom is 0.275 e. The maximum absolute atomic E-state index is 13.8. The Bertz CT molecular complexity index is 1140. The molecule has 1 aliphatic carbocycles. The molecular weight excluding hydrogens is 440 g/mol. The first-order valence-electron chi connectivity index (χ1n) is 11.1. The van der Waals surface area contributed by atoms with Crippen molar-refractivity contribution in [1.82, 2.24) is 10.0 Å². The predicted octanol–water partition coefficient (Wildman–Crippen LogP) is 4.70. The lowest BCUT2D eigenvalue weighted by Gasteiger charge is -2.36. The van der Waals surface area contributed by atoms with Crippen LogP contribution < -0.4 is 0 Å². The lowest BCUT2D eigenvalue weighted by molar-refractivity contribution is -0.156. The van der Waals surface area contributed by atoms with Crippen molar-refractivity contribution >= 4 is 35.1 Å². The van der Waals surface area contributed by atoms with E-state index < -0.39 is 35.6 Å². The number of benzene rings is 2. The Morgan fingerprint density at radius 3 is 2.33 bits per heavy atom. The Labute approximate surface area is 197 Å². The molecule has 7 heteroatoms. The van der Waals surface area contributed by atoms with Gasteiger partial charge in [0.25, 0.3) is 17.7 Å². The number of fused-ring (bicyclic) bond motifs is 1. The van der Waals surface area contributed by atoms with Gasteiger partial charge in [-0.1, -0.05) is 72.6 Å². The third kappa shape index (κ3) is 4.11. The van der Waals surface area contributed by atoms with Crippen molar-refractivity contribution in [2.75, 3.05) is 0 Å². The summed E-state index contributed by atoms with van der Waals surface area (Å²) in [6.07, 6.45) is 3.08. The molecule has 6 nitrogen and oxygen atoms in total. The van der Waals surface area contributed by atoms with Crippen LogP contribution >= 0.6 is 11.6 Å². The van der Waals surface area contributed by atoms with Gasteiger partial charge in [0.1, 0.15) is 6.04 Å². The largest absolute Gasteiger partial charge is 0.292 e. The molecule has 2 aliphatic rings. The lowest BCUT2D eigenvalue weighted by atomic mass is 9.82. The number of allylic oxidation sites excluding steroid dienone is 2. The molecule has 0 unspecified atom stereocenters. The molecule has 0 N–H and O–H groups in total. The summed E-state index contributed by atoms with van der Waals surface area (Å²) in [6, 6.07) is 14.0.